The Morgan fingerprint density at radius 1 is 0.906 bits per heavy atom. The molecule has 0 aliphatic heterocycles. The van der Waals surface area contributed by atoms with Crippen molar-refractivity contribution in [2.24, 2.45) is 52.3 Å². The Hall–Kier alpha value is -0.200. The van der Waals surface area contributed by atoms with E-state index in [-0.39, 0.29) is 47.6 Å². The molecule has 5 nitrogen and oxygen atoms in total. The molecule has 4 saturated carbocycles. The van der Waals surface area contributed by atoms with E-state index in [1.807, 2.05) is 6.92 Å². The van der Waals surface area contributed by atoms with E-state index in [1.54, 1.807) is 0 Å². The lowest BCUT2D eigenvalue weighted by Gasteiger charge is -2.63. The van der Waals surface area contributed by atoms with Crippen LogP contribution in [0, 0.1) is 52.3 Å². The van der Waals surface area contributed by atoms with Gasteiger partial charge in [0.25, 0.3) is 0 Å². The fourth-order valence-corrected chi connectivity index (χ4v) is 9.36. The first-order valence-electron chi connectivity index (χ1n) is 13.3. The molecular weight excluding hydrogens is 404 g/mol. The normalized spacial score (nSPS) is 51.3. The van der Waals surface area contributed by atoms with Gasteiger partial charge >= 0.3 is 0 Å². The number of fused-ring (bicyclic) bond motifs is 5. The van der Waals surface area contributed by atoms with Gasteiger partial charge in [-0.05, 0) is 110 Å². The lowest BCUT2D eigenvalue weighted by Crippen LogP contribution is -2.62. The molecule has 0 bridgehead atoms. The summed E-state index contributed by atoms with van der Waals surface area (Å²) in [7, 11) is 0. The van der Waals surface area contributed by atoms with Gasteiger partial charge in [-0.15, -0.1) is 0 Å². The highest BCUT2D eigenvalue weighted by Gasteiger charge is 2.65. The van der Waals surface area contributed by atoms with Crippen LogP contribution >= 0.6 is 0 Å². The summed E-state index contributed by atoms with van der Waals surface area (Å²) in [5, 5.41) is 53.2. The van der Waals surface area contributed by atoms with E-state index in [4.69, 9.17) is 0 Å². The zero-order valence-electron chi connectivity index (χ0n) is 20.7. The predicted molar refractivity (Wildman–Crippen MR) is 125 cm³/mol. The quantitative estimate of drug-likeness (QED) is 0.425. The molecule has 4 aliphatic rings. The monoisotopic (exact) mass is 452 g/mol. The molecule has 0 heterocycles. The van der Waals surface area contributed by atoms with Gasteiger partial charge in [-0.3, -0.25) is 0 Å². The summed E-state index contributed by atoms with van der Waals surface area (Å²) in [6, 6.07) is 0. The number of hydrogen-bond donors (Lipinski definition) is 5. The lowest BCUT2D eigenvalue weighted by molar-refractivity contribution is -0.207. The summed E-state index contributed by atoms with van der Waals surface area (Å²) in [6.45, 7) is 8.93. The van der Waals surface area contributed by atoms with Gasteiger partial charge in [0, 0.05) is 6.61 Å². The molecule has 0 spiro atoms. The SMILES string of the molecule is CC(CO)CC(O)C[C@@H](C)[C@H]1CC[C@H]2[C@@H]3[C@H](O)C[C@@H]4C[C@H](O)CC[C@]4(C)[C@H]3C[C@H](O)[C@]12C. The summed E-state index contributed by atoms with van der Waals surface area (Å²) in [5.74, 6) is 1.96. The maximum atomic E-state index is 11.6. The van der Waals surface area contributed by atoms with Crippen molar-refractivity contribution >= 4 is 0 Å². The molecular formula is C27H48O5. The first-order valence-corrected chi connectivity index (χ1v) is 13.3. The minimum atomic E-state index is -0.420. The van der Waals surface area contributed by atoms with E-state index in [0.717, 1.165) is 44.9 Å². The second-order valence-electron chi connectivity index (χ2n) is 12.9. The van der Waals surface area contributed by atoms with Gasteiger partial charge in [0.05, 0.1) is 24.4 Å². The number of aliphatic hydroxyl groups is 5. The third kappa shape index (κ3) is 3.98. The van der Waals surface area contributed by atoms with E-state index in [2.05, 4.69) is 20.8 Å². The van der Waals surface area contributed by atoms with Crippen LogP contribution in [0.1, 0.15) is 85.5 Å². The maximum Gasteiger partial charge on any atom is 0.0602 e. The van der Waals surface area contributed by atoms with Crippen molar-refractivity contribution in [3.63, 3.8) is 0 Å². The molecule has 2 unspecified atom stereocenters. The van der Waals surface area contributed by atoms with Crippen molar-refractivity contribution in [1.82, 2.24) is 0 Å². The van der Waals surface area contributed by atoms with Crippen LogP contribution in [0.15, 0.2) is 0 Å². The summed E-state index contributed by atoms with van der Waals surface area (Å²) >= 11 is 0. The molecule has 0 amide bonds. The number of hydrogen-bond acceptors (Lipinski definition) is 5. The molecule has 5 heteroatoms. The Labute approximate surface area is 194 Å². The predicted octanol–water partition coefficient (Wildman–Crippen LogP) is 3.35. The minimum absolute atomic E-state index is 0.102. The summed E-state index contributed by atoms with van der Waals surface area (Å²) in [6.07, 6.45) is 6.21. The smallest absolute Gasteiger partial charge is 0.0602 e. The molecule has 32 heavy (non-hydrogen) atoms. The average Bonchev–Trinajstić information content (AvgIpc) is 3.08. The van der Waals surface area contributed by atoms with E-state index in [0.29, 0.717) is 42.4 Å². The first-order chi connectivity index (χ1) is 15.0. The van der Waals surface area contributed by atoms with E-state index < -0.39 is 6.10 Å². The number of rotatable bonds is 6. The van der Waals surface area contributed by atoms with Gasteiger partial charge in [0.1, 0.15) is 0 Å². The largest absolute Gasteiger partial charge is 0.396 e. The van der Waals surface area contributed by atoms with Crippen LogP contribution in [0.3, 0.4) is 0 Å². The van der Waals surface area contributed by atoms with E-state index in [9.17, 15) is 25.5 Å². The van der Waals surface area contributed by atoms with Crippen LogP contribution in [0.5, 0.6) is 0 Å². The van der Waals surface area contributed by atoms with Gasteiger partial charge in [-0.2, -0.15) is 0 Å². The molecule has 5 N–H and O–H groups in total. The molecule has 13 atom stereocenters. The second kappa shape index (κ2) is 9.11. The van der Waals surface area contributed by atoms with Gasteiger partial charge in [-0.25, -0.2) is 0 Å². The summed E-state index contributed by atoms with van der Waals surface area (Å²) in [4.78, 5) is 0. The highest BCUT2D eigenvalue weighted by Crippen LogP contribution is 2.68. The van der Waals surface area contributed by atoms with Crippen molar-refractivity contribution < 1.29 is 25.5 Å². The molecule has 0 saturated heterocycles. The molecule has 4 rings (SSSR count). The highest BCUT2D eigenvalue weighted by molar-refractivity contribution is 5.14. The molecule has 4 fully saturated rings. The summed E-state index contributed by atoms with van der Waals surface area (Å²) in [5.41, 5.74) is -0.118. The maximum absolute atomic E-state index is 11.6. The Bertz CT molecular complexity index is 656. The molecule has 0 radical (unpaired) electrons. The van der Waals surface area contributed by atoms with Gasteiger partial charge in [0.2, 0.25) is 0 Å². The van der Waals surface area contributed by atoms with Crippen LogP contribution in [0.25, 0.3) is 0 Å². The first kappa shape index (κ1) is 24.9. The van der Waals surface area contributed by atoms with Crippen molar-refractivity contribution in [3.8, 4) is 0 Å². The average molecular weight is 453 g/mol. The Morgan fingerprint density at radius 2 is 1.62 bits per heavy atom. The van der Waals surface area contributed by atoms with Crippen LogP contribution in [-0.4, -0.2) is 56.6 Å². The van der Waals surface area contributed by atoms with Crippen molar-refractivity contribution in [2.45, 2.75) is 110 Å². The van der Waals surface area contributed by atoms with Gasteiger partial charge in [0.15, 0.2) is 0 Å². The fourth-order valence-electron chi connectivity index (χ4n) is 9.36. The van der Waals surface area contributed by atoms with Gasteiger partial charge < -0.3 is 25.5 Å². The molecule has 0 aromatic heterocycles. The van der Waals surface area contributed by atoms with Crippen molar-refractivity contribution in [1.29, 1.82) is 0 Å². The molecule has 186 valence electrons. The molecule has 4 aliphatic carbocycles. The second-order valence-corrected chi connectivity index (χ2v) is 12.9. The third-order valence-corrected chi connectivity index (χ3v) is 11.2. The van der Waals surface area contributed by atoms with Crippen LogP contribution in [0.2, 0.25) is 0 Å². The highest BCUT2D eigenvalue weighted by atomic mass is 16.3. The lowest BCUT2D eigenvalue weighted by atomic mass is 9.43. The standard InChI is InChI=1S/C27H48O5/c1-15(14-28)9-19(30)10-16(2)20-5-6-21-25-22(13-24(32)27(20,21)4)26(3)8-7-18(29)11-17(26)12-23(25)31/h15-25,28-32H,5-14H2,1-4H3/t15?,16-,17+,18-,19?,20-,21+,22+,23-,24+,25+,26+,27-/m1/s1. The fraction of sp³-hybridized carbons (Fsp3) is 1.00. The number of aliphatic hydroxyl groups excluding tert-OH is 5. The van der Waals surface area contributed by atoms with Crippen LogP contribution in [-0.2, 0) is 0 Å². The molecule has 0 aromatic rings. The van der Waals surface area contributed by atoms with E-state index in [1.165, 1.54) is 0 Å². The zero-order chi connectivity index (χ0) is 23.4. The van der Waals surface area contributed by atoms with Gasteiger partial charge in [-0.1, -0.05) is 27.7 Å². The van der Waals surface area contributed by atoms with Crippen LogP contribution in [0.4, 0.5) is 0 Å². The zero-order valence-corrected chi connectivity index (χ0v) is 20.7. The van der Waals surface area contributed by atoms with Crippen molar-refractivity contribution in [2.75, 3.05) is 6.61 Å². The Kier molecular flexibility index (Phi) is 7.09. The van der Waals surface area contributed by atoms with Crippen molar-refractivity contribution in [3.05, 3.63) is 0 Å². The molecule has 0 aromatic carbocycles. The summed E-state index contributed by atoms with van der Waals surface area (Å²) < 4.78 is 0. The minimum Gasteiger partial charge on any atom is -0.396 e. The van der Waals surface area contributed by atoms with Crippen LogP contribution < -0.4 is 0 Å². The van der Waals surface area contributed by atoms with E-state index >= 15 is 0 Å². The Balaban J connectivity index is 1.54. The topological polar surface area (TPSA) is 101 Å². The third-order valence-electron chi connectivity index (χ3n) is 11.2. The Morgan fingerprint density at radius 3 is 2.31 bits per heavy atom.